The molecule has 0 bridgehead atoms. The maximum absolute atomic E-state index is 10.9. The summed E-state index contributed by atoms with van der Waals surface area (Å²) in [5.74, 6) is -0.794. The van der Waals surface area contributed by atoms with E-state index in [1.807, 2.05) is 0 Å². The van der Waals surface area contributed by atoms with Crippen LogP contribution in [0.4, 0.5) is 4.79 Å². The molecule has 0 aromatic heterocycles. The van der Waals surface area contributed by atoms with Gasteiger partial charge in [-0.05, 0) is 6.92 Å². The molecule has 0 atom stereocenters. The lowest BCUT2D eigenvalue weighted by Crippen LogP contribution is -2.35. The molecule has 7 nitrogen and oxygen atoms in total. The third kappa shape index (κ3) is 4.19. The van der Waals surface area contributed by atoms with E-state index in [2.05, 4.69) is 9.47 Å². The maximum atomic E-state index is 10.9. The van der Waals surface area contributed by atoms with Gasteiger partial charge in [0.2, 0.25) is 0 Å². The SMILES string of the molecule is CCOC(=O)S(=O)(=O)NCC(=O)OC. The van der Waals surface area contributed by atoms with Crippen LogP contribution in [0, 0.1) is 0 Å². The van der Waals surface area contributed by atoms with Crippen molar-refractivity contribution in [2.75, 3.05) is 20.3 Å². The number of hydrogen-bond acceptors (Lipinski definition) is 6. The van der Waals surface area contributed by atoms with Crippen LogP contribution in [0.3, 0.4) is 0 Å². The fourth-order valence-corrected chi connectivity index (χ4v) is 1.18. The average molecular weight is 225 g/mol. The molecule has 0 aromatic rings. The van der Waals surface area contributed by atoms with E-state index in [0.717, 1.165) is 7.11 Å². The number of nitrogens with one attached hydrogen (secondary N) is 1. The van der Waals surface area contributed by atoms with Crippen molar-refractivity contribution in [1.82, 2.24) is 4.72 Å². The average Bonchev–Trinajstić information content (AvgIpc) is 2.14. The second kappa shape index (κ2) is 5.55. The van der Waals surface area contributed by atoms with Gasteiger partial charge in [-0.1, -0.05) is 0 Å². The van der Waals surface area contributed by atoms with Gasteiger partial charge in [-0.3, -0.25) is 4.79 Å². The first-order valence-corrected chi connectivity index (χ1v) is 5.15. The van der Waals surface area contributed by atoms with Crippen LogP contribution in [0.15, 0.2) is 0 Å². The number of hydrogen-bond donors (Lipinski definition) is 1. The molecule has 0 rings (SSSR count). The van der Waals surface area contributed by atoms with Crippen molar-refractivity contribution in [2.24, 2.45) is 0 Å². The molecular weight excluding hydrogens is 214 g/mol. The van der Waals surface area contributed by atoms with Gasteiger partial charge in [-0.2, -0.15) is 4.72 Å². The van der Waals surface area contributed by atoms with Gasteiger partial charge in [0.1, 0.15) is 6.54 Å². The van der Waals surface area contributed by atoms with Crippen molar-refractivity contribution >= 4 is 21.3 Å². The summed E-state index contributed by atoms with van der Waals surface area (Å²) < 4.78 is 32.0. The van der Waals surface area contributed by atoms with Crippen LogP contribution in [0.1, 0.15) is 6.92 Å². The van der Waals surface area contributed by atoms with Crippen molar-refractivity contribution in [1.29, 1.82) is 0 Å². The number of ether oxygens (including phenoxy) is 2. The zero-order valence-corrected chi connectivity index (χ0v) is 8.59. The molecule has 0 aromatic carbocycles. The molecule has 0 heterocycles. The van der Waals surface area contributed by atoms with Crippen molar-refractivity contribution in [2.45, 2.75) is 6.92 Å². The van der Waals surface area contributed by atoms with Crippen LogP contribution < -0.4 is 4.72 Å². The van der Waals surface area contributed by atoms with Gasteiger partial charge in [0.25, 0.3) is 0 Å². The zero-order valence-electron chi connectivity index (χ0n) is 7.77. The Morgan fingerprint density at radius 2 is 1.93 bits per heavy atom. The zero-order chi connectivity index (χ0) is 11.2. The Balaban J connectivity index is 4.22. The van der Waals surface area contributed by atoms with Crippen molar-refractivity contribution in [3.05, 3.63) is 0 Å². The monoisotopic (exact) mass is 225 g/mol. The first-order valence-electron chi connectivity index (χ1n) is 3.67. The number of methoxy groups -OCH3 is 1. The molecule has 0 aliphatic carbocycles. The minimum atomic E-state index is -4.24. The van der Waals surface area contributed by atoms with E-state index in [1.54, 1.807) is 4.72 Å². The standard InChI is InChI=1S/C6H11NO6S/c1-3-13-6(9)14(10,11)7-4-5(8)12-2/h7H,3-4H2,1-2H3. The van der Waals surface area contributed by atoms with Gasteiger partial charge in [-0.25, -0.2) is 13.2 Å². The second-order valence-electron chi connectivity index (χ2n) is 2.08. The third-order valence-corrected chi connectivity index (χ3v) is 2.20. The van der Waals surface area contributed by atoms with Gasteiger partial charge >= 0.3 is 21.3 Å². The Morgan fingerprint density at radius 3 is 2.36 bits per heavy atom. The topological polar surface area (TPSA) is 98.8 Å². The molecule has 0 amide bonds. The van der Waals surface area contributed by atoms with E-state index in [-0.39, 0.29) is 6.61 Å². The summed E-state index contributed by atoms with van der Waals surface area (Å²) in [7, 11) is -3.14. The molecule has 82 valence electrons. The highest BCUT2D eigenvalue weighted by molar-refractivity contribution is 8.04. The Kier molecular flexibility index (Phi) is 5.10. The van der Waals surface area contributed by atoms with E-state index in [1.165, 1.54) is 6.92 Å². The molecule has 8 heteroatoms. The fourth-order valence-electron chi connectivity index (χ4n) is 0.480. The lowest BCUT2D eigenvalue weighted by atomic mass is 10.7. The van der Waals surface area contributed by atoms with Crippen molar-refractivity contribution in [3.63, 3.8) is 0 Å². The molecule has 0 spiro atoms. The molecule has 0 unspecified atom stereocenters. The Bertz CT molecular complexity index is 308. The Morgan fingerprint density at radius 1 is 1.36 bits per heavy atom. The normalized spacial score (nSPS) is 10.7. The van der Waals surface area contributed by atoms with Crippen LogP contribution in [-0.2, 0) is 24.3 Å². The van der Waals surface area contributed by atoms with E-state index in [4.69, 9.17) is 0 Å². The molecule has 14 heavy (non-hydrogen) atoms. The summed E-state index contributed by atoms with van der Waals surface area (Å²) in [6.45, 7) is 0.809. The van der Waals surface area contributed by atoms with Gasteiger partial charge in [0, 0.05) is 0 Å². The first kappa shape index (κ1) is 12.8. The van der Waals surface area contributed by atoms with Gasteiger partial charge in [0.15, 0.2) is 0 Å². The second-order valence-corrected chi connectivity index (χ2v) is 3.71. The van der Waals surface area contributed by atoms with Crippen LogP contribution in [-0.4, -0.2) is 39.9 Å². The third-order valence-electron chi connectivity index (χ3n) is 1.12. The summed E-state index contributed by atoms with van der Waals surface area (Å²) >= 11 is 0. The molecule has 0 saturated heterocycles. The number of esters is 1. The lowest BCUT2D eigenvalue weighted by molar-refractivity contribution is -0.139. The summed E-state index contributed by atoms with van der Waals surface area (Å²) in [6, 6.07) is 0. The smallest absolute Gasteiger partial charge is 0.439 e. The molecule has 0 aliphatic heterocycles. The predicted molar refractivity (Wildman–Crippen MR) is 46.0 cm³/mol. The quantitative estimate of drug-likeness (QED) is 0.631. The number of sulfonamides is 1. The minimum absolute atomic E-state index is 0.0576. The molecule has 0 radical (unpaired) electrons. The highest BCUT2D eigenvalue weighted by Crippen LogP contribution is 1.91. The maximum Gasteiger partial charge on any atom is 0.439 e. The highest BCUT2D eigenvalue weighted by Gasteiger charge is 2.23. The molecule has 0 fully saturated rings. The van der Waals surface area contributed by atoms with Crippen LogP contribution in [0.2, 0.25) is 0 Å². The minimum Gasteiger partial charge on any atom is -0.468 e. The highest BCUT2D eigenvalue weighted by atomic mass is 32.2. The summed E-state index contributed by atoms with van der Waals surface area (Å²) in [5, 5.41) is -1.41. The van der Waals surface area contributed by atoms with Crippen LogP contribution in [0.5, 0.6) is 0 Å². The van der Waals surface area contributed by atoms with Gasteiger partial charge in [0.05, 0.1) is 13.7 Å². The Labute approximate surface area is 81.4 Å². The first-order chi connectivity index (χ1) is 6.44. The number of rotatable bonds is 4. The van der Waals surface area contributed by atoms with Crippen molar-refractivity contribution in [3.8, 4) is 0 Å². The summed E-state index contributed by atoms with van der Waals surface area (Å²) in [4.78, 5) is 21.3. The predicted octanol–water partition coefficient (Wildman–Crippen LogP) is -0.765. The van der Waals surface area contributed by atoms with Gasteiger partial charge in [-0.15, -0.1) is 0 Å². The molecule has 1 N–H and O–H groups in total. The molecule has 0 saturated carbocycles. The van der Waals surface area contributed by atoms with E-state index in [9.17, 15) is 18.0 Å². The molecule has 0 aliphatic rings. The van der Waals surface area contributed by atoms with Crippen molar-refractivity contribution < 1.29 is 27.5 Å². The number of carbonyl (C=O) groups excluding carboxylic acids is 2. The van der Waals surface area contributed by atoms with Crippen LogP contribution in [0.25, 0.3) is 0 Å². The Hall–Kier alpha value is -1.15. The van der Waals surface area contributed by atoms with E-state index < -0.39 is 27.8 Å². The van der Waals surface area contributed by atoms with E-state index in [0.29, 0.717) is 0 Å². The number of carbonyl (C=O) groups is 2. The molecular formula is C6H11NO6S. The summed E-state index contributed by atoms with van der Waals surface area (Å²) in [5.41, 5.74) is 0. The fraction of sp³-hybridized carbons (Fsp3) is 0.667. The van der Waals surface area contributed by atoms with Crippen LogP contribution >= 0.6 is 0 Å². The largest absolute Gasteiger partial charge is 0.468 e. The van der Waals surface area contributed by atoms with Gasteiger partial charge < -0.3 is 9.47 Å². The summed E-state index contributed by atoms with van der Waals surface area (Å²) in [6.07, 6.45) is 0. The van der Waals surface area contributed by atoms with E-state index >= 15 is 0 Å². The lowest BCUT2D eigenvalue weighted by Gasteiger charge is -2.03.